The van der Waals surface area contributed by atoms with Gasteiger partial charge in [-0.05, 0) is 37.2 Å². The first kappa shape index (κ1) is 16.8. The molecule has 4 aromatic rings. The van der Waals surface area contributed by atoms with Crippen LogP contribution in [0.2, 0.25) is 0 Å². The quantitative estimate of drug-likeness (QED) is 0.399. The Morgan fingerprint density at radius 1 is 1.04 bits per heavy atom. The molecule has 136 valence electrons. The molecule has 0 spiro atoms. The molecule has 0 N–H and O–H groups in total. The lowest BCUT2D eigenvalue weighted by Gasteiger charge is -2.24. The van der Waals surface area contributed by atoms with Gasteiger partial charge in [0.25, 0.3) is 0 Å². The highest BCUT2D eigenvalue weighted by Gasteiger charge is 2.35. The Morgan fingerprint density at radius 2 is 1.86 bits per heavy atom. The Hall–Kier alpha value is -3.34. The van der Waals surface area contributed by atoms with Gasteiger partial charge in [-0.1, -0.05) is 35.8 Å². The van der Waals surface area contributed by atoms with Gasteiger partial charge in [0.15, 0.2) is 17.2 Å². The van der Waals surface area contributed by atoms with E-state index in [1.54, 1.807) is 6.20 Å². The summed E-state index contributed by atoms with van der Waals surface area (Å²) in [6, 6.07) is 19.0. The highest BCUT2D eigenvalue weighted by atomic mass is 16.3. The summed E-state index contributed by atoms with van der Waals surface area (Å²) in [5.74, 6) is 0. The standard InChI is InChI=1S/C23H21BN3O/c1-16-22-19-10-7-12-25-23(19)28-20(22)15-27(3)24(16)21-14-18(11-13-26(21)2)17-8-5-4-6-9-17/h4-15H,1-3H3/q+1. The van der Waals surface area contributed by atoms with Crippen LogP contribution in [-0.4, -0.2) is 23.7 Å². The summed E-state index contributed by atoms with van der Waals surface area (Å²) < 4.78 is 8.21. The molecule has 0 amide bonds. The Bertz CT molecular complexity index is 1310. The summed E-state index contributed by atoms with van der Waals surface area (Å²) in [4.78, 5) is 6.62. The van der Waals surface area contributed by atoms with Gasteiger partial charge in [-0.25, -0.2) is 9.55 Å². The number of fused-ring (bicyclic) bond motifs is 3. The van der Waals surface area contributed by atoms with Crippen molar-refractivity contribution in [2.75, 3.05) is 7.05 Å². The van der Waals surface area contributed by atoms with Crippen molar-refractivity contribution in [1.29, 1.82) is 0 Å². The van der Waals surface area contributed by atoms with Crippen molar-refractivity contribution < 1.29 is 8.98 Å². The highest BCUT2D eigenvalue weighted by molar-refractivity contribution is 6.85. The van der Waals surface area contributed by atoms with Crippen LogP contribution in [-0.2, 0) is 7.05 Å². The third kappa shape index (κ3) is 2.54. The zero-order valence-electron chi connectivity index (χ0n) is 16.3. The largest absolute Gasteiger partial charge is 0.436 e. The normalized spacial score (nSPS) is 13.6. The monoisotopic (exact) mass is 366 g/mol. The Labute approximate surface area is 164 Å². The molecule has 1 aliphatic heterocycles. The fraction of sp³-hybridized carbons (Fsp3) is 0.130. The number of furan rings is 1. The van der Waals surface area contributed by atoms with Gasteiger partial charge < -0.3 is 9.23 Å². The zero-order chi connectivity index (χ0) is 19.3. The van der Waals surface area contributed by atoms with E-state index in [1.165, 1.54) is 22.2 Å². The van der Waals surface area contributed by atoms with Crippen molar-refractivity contribution in [3.8, 4) is 11.1 Å². The predicted octanol–water partition coefficient (Wildman–Crippen LogP) is 1.61. The second kappa shape index (κ2) is 6.38. The van der Waals surface area contributed by atoms with Crippen LogP contribution in [0.15, 0.2) is 71.4 Å². The second-order valence-electron chi connectivity index (χ2n) is 7.39. The fourth-order valence-corrected chi connectivity index (χ4v) is 4.25. The van der Waals surface area contributed by atoms with E-state index in [9.17, 15) is 0 Å². The van der Waals surface area contributed by atoms with E-state index in [0.29, 0.717) is 5.71 Å². The molecule has 1 aromatic carbocycles. The van der Waals surface area contributed by atoms with Crippen molar-refractivity contribution >= 4 is 35.2 Å². The molecule has 0 radical (unpaired) electrons. The lowest BCUT2D eigenvalue weighted by atomic mass is 9.50. The number of rotatable bonds is 2. The minimum atomic E-state index is 0.127. The van der Waals surface area contributed by atoms with Gasteiger partial charge in [0, 0.05) is 35.1 Å². The van der Waals surface area contributed by atoms with Crippen LogP contribution in [0.3, 0.4) is 0 Å². The maximum Gasteiger partial charge on any atom is 0.399 e. The number of hydrogen-bond donors (Lipinski definition) is 0. The molecule has 28 heavy (non-hydrogen) atoms. The first-order chi connectivity index (χ1) is 13.6. The van der Waals surface area contributed by atoms with Crippen molar-refractivity contribution in [2.45, 2.75) is 6.92 Å². The minimum absolute atomic E-state index is 0.127. The van der Waals surface area contributed by atoms with Crippen molar-refractivity contribution in [3.05, 3.63) is 77.6 Å². The molecule has 0 atom stereocenters. The summed E-state index contributed by atoms with van der Waals surface area (Å²) in [5, 5.41) is 2.24. The lowest BCUT2D eigenvalue weighted by Crippen LogP contribution is -2.62. The third-order valence-corrected chi connectivity index (χ3v) is 5.60. The number of pyridine rings is 2. The van der Waals surface area contributed by atoms with Crippen LogP contribution < -0.4 is 20.8 Å². The zero-order valence-corrected chi connectivity index (χ0v) is 16.3. The molecule has 4 nitrogen and oxygen atoms in total. The maximum absolute atomic E-state index is 6.00. The maximum atomic E-state index is 6.00. The van der Waals surface area contributed by atoms with Crippen molar-refractivity contribution in [1.82, 2.24) is 9.79 Å². The van der Waals surface area contributed by atoms with Gasteiger partial charge in [0.1, 0.15) is 7.05 Å². The van der Waals surface area contributed by atoms with Crippen LogP contribution in [0, 0.1) is 0 Å². The number of nitrogens with zero attached hydrogens (tertiary/aromatic N) is 3. The first-order valence-corrected chi connectivity index (χ1v) is 9.46. The van der Waals surface area contributed by atoms with Gasteiger partial charge in [0.05, 0.1) is 0 Å². The molecule has 0 bridgehead atoms. The lowest BCUT2D eigenvalue weighted by molar-refractivity contribution is -0.654. The van der Waals surface area contributed by atoms with Crippen LogP contribution in [0.4, 0.5) is 0 Å². The van der Waals surface area contributed by atoms with Gasteiger partial charge in [-0.15, -0.1) is 0 Å². The van der Waals surface area contributed by atoms with E-state index < -0.39 is 0 Å². The van der Waals surface area contributed by atoms with Crippen molar-refractivity contribution in [2.24, 2.45) is 7.05 Å². The van der Waals surface area contributed by atoms with E-state index in [2.05, 4.69) is 96.3 Å². The highest BCUT2D eigenvalue weighted by Crippen LogP contribution is 2.18. The van der Waals surface area contributed by atoms with Crippen LogP contribution >= 0.6 is 0 Å². The molecule has 1 aliphatic rings. The van der Waals surface area contributed by atoms with E-state index >= 15 is 0 Å². The number of hydrogen-bond acceptors (Lipinski definition) is 3. The number of aromatic nitrogens is 2. The smallest absolute Gasteiger partial charge is 0.399 e. The average molecular weight is 366 g/mol. The Morgan fingerprint density at radius 3 is 2.68 bits per heavy atom. The molecule has 4 heterocycles. The molecule has 0 saturated carbocycles. The SMILES string of the molecule is CC1=c2c(oc3ncccc23)=CN(C)B1c1cc(-c2ccccc2)cc[n+]1C. The number of benzene rings is 1. The van der Waals surface area contributed by atoms with E-state index in [1.807, 2.05) is 6.07 Å². The first-order valence-electron chi connectivity index (χ1n) is 9.46. The Kier molecular flexibility index (Phi) is 3.83. The molecular weight excluding hydrogens is 345 g/mol. The van der Waals surface area contributed by atoms with E-state index in [0.717, 1.165) is 16.0 Å². The van der Waals surface area contributed by atoms with Crippen molar-refractivity contribution in [3.63, 3.8) is 0 Å². The molecule has 0 unspecified atom stereocenters. The van der Waals surface area contributed by atoms with Crippen LogP contribution in [0.25, 0.3) is 33.9 Å². The average Bonchev–Trinajstić information content (AvgIpc) is 3.08. The molecule has 3 aromatic heterocycles. The summed E-state index contributed by atoms with van der Waals surface area (Å²) >= 11 is 0. The predicted molar refractivity (Wildman–Crippen MR) is 113 cm³/mol. The fourth-order valence-electron chi connectivity index (χ4n) is 4.25. The molecular formula is C23H21BN3O+. The van der Waals surface area contributed by atoms with E-state index in [4.69, 9.17) is 4.42 Å². The molecule has 5 heteroatoms. The second-order valence-corrected chi connectivity index (χ2v) is 7.39. The van der Waals surface area contributed by atoms with Gasteiger partial charge in [0.2, 0.25) is 5.71 Å². The third-order valence-electron chi connectivity index (χ3n) is 5.60. The Balaban J connectivity index is 1.74. The van der Waals surface area contributed by atoms with Crippen LogP contribution in [0.1, 0.15) is 6.92 Å². The molecule has 0 fully saturated rings. The van der Waals surface area contributed by atoms with E-state index in [-0.39, 0.29) is 6.85 Å². The summed E-state index contributed by atoms with van der Waals surface area (Å²) in [6.07, 6.45) is 6.00. The molecule has 5 rings (SSSR count). The summed E-state index contributed by atoms with van der Waals surface area (Å²) in [5.41, 5.74) is 6.53. The molecule has 0 saturated heterocycles. The number of aryl methyl sites for hydroxylation is 1. The summed E-state index contributed by atoms with van der Waals surface area (Å²) in [7, 11) is 4.21. The summed E-state index contributed by atoms with van der Waals surface area (Å²) in [6.45, 7) is 2.33. The van der Waals surface area contributed by atoms with Crippen LogP contribution in [0.5, 0.6) is 0 Å². The van der Waals surface area contributed by atoms with Gasteiger partial charge >= 0.3 is 6.85 Å². The topological polar surface area (TPSA) is 33.2 Å². The minimum Gasteiger partial charge on any atom is -0.436 e. The molecule has 0 aliphatic carbocycles. The van der Waals surface area contributed by atoms with Gasteiger partial charge in [-0.2, -0.15) is 0 Å². The van der Waals surface area contributed by atoms with Gasteiger partial charge in [-0.3, -0.25) is 0 Å².